The first-order valence-corrected chi connectivity index (χ1v) is 11.9. The van der Waals surface area contributed by atoms with Crippen LogP contribution in [0.5, 0.6) is 17.2 Å². The number of aliphatic hydroxyl groups excluding tert-OH is 1. The van der Waals surface area contributed by atoms with E-state index in [4.69, 9.17) is 26.2 Å². The normalized spacial score (nSPS) is 13.6. The molecule has 0 saturated carbocycles. The maximum atomic E-state index is 15.2. The highest BCUT2D eigenvalue weighted by Crippen LogP contribution is 2.40. The average molecular weight is 553 g/mol. The predicted octanol–water partition coefficient (Wildman–Crippen LogP) is 6.49. The van der Waals surface area contributed by atoms with Gasteiger partial charge in [0.15, 0.2) is 0 Å². The molecule has 202 valence electrons. The summed E-state index contributed by atoms with van der Waals surface area (Å²) < 4.78 is 68.7. The Balaban J connectivity index is 1.72. The minimum Gasteiger partial charge on any atom is -0.497 e. The third-order valence-electron chi connectivity index (χ3n) is 5.93. The summed E-state index contributed by atoms with van der Waals surface area (Å²) in [5, 5.41) is 12.6. The molecule has 1 aliphatic rings. The lowest BCUT2D eigenvalue weighted by Gasteiger charge is -2.31. The molecule has 3 aromatic rings. The van der Waals surface area contributed by atoms with Crippen LogP contribution in [0.4, 0.5) is 28.9 Å². The standard InChI is InChI=1S/C27H25ClF4N2O4/c1-16(34-8-7-17-3-5-20(15-25(17)34)38-27(30,31)32)26(23-6-4-18(28)11-24(23)29)33-19-12-21(36-2)14-22(13-19)37-10-9-35/h3-6,11-15,26,33,35H,1,7-10H2,2H3. The van der Waals surface area contributed by atoms with Crippen LogP contribution in [0.3, 0.4) is 0 Å². The second-order valence-corrected chi connectivity index (χ2v) is 8.88. The average Bonchev–Trinajstić information content (AvgIpc) is 3.28. The van der Waals surface area contributed by atoms with Gasteiger partial charge in [0.25, 0.3) is 0 Å². The molecule has 1 aliphatic heterocycles. The van der Waals surface area contributed by atoms with E-state index in [1.165, 1.54) is 37.4 Å². The Hall–Kier alpha value is -3.63. The van der Waals surface area contributed by atoms with Gasteiger partial charge in [-0.05, 0) is 30.2 Å². The van der Waals surface area contributed by atoms with Crippen molar-refractivity contribution < 1.29 is 36.9 Å². The van der Waals surface area contributed by atoms with Crippen LogP contribution in [-0.2, 0) is 6.42 Å². The summed E-state index contributed by atoms with van der Waals surface area (Å²) in [5.41, 5.74) is 2.38. The van der Waals surface area contributed by atoms with Crippen LogP contribution < -0.4 is 24.4 Å². The smallest absolute Gasteiger partial charge is 0.497 e. The van der Waals surface area contributed by atoms with E-state index in [0.717, 1.165) is 5.56 Å². The van der Waals surface area contributed by atoms with Crippen LogP contribution in [0, 0.1) is 5.82 Å². The molecule has 1 heterocycles. The third kappa shape index (κ3) is 6.43. The molecule has 0 radical (unpaired) electrons. The molecule has 0 saturated heterocycles. The molecule has 3 aromatic carbocycles. The Morgan fingerprint density at radius 3 is 2.55 bits per heavy atom. The lowest BCUT2D eigenvalue weighted by atomic mass is 10.0. The first-order valence-electron chi connectivity index (χ1n) is 11.6. The molecule has 0 bridgehead atoms. The van der Waals surface area contributed by atoms with E-state index in [0.29, 0.717) is 41.5 Å². The topological polar surface area (TPSA) is 63.2 Å². The minimum atomic E-state index is -4.84. The van der Waals surface area contributed by atoms with Gasteiger partial charge in [-0.25, -0.2) is 4.39 Å². The van der Waals surface area contributed by atoms with Crippen LogP contribution in [0.1, 0.15) is 17.2 Å². The fraction of sp³-hybridized carbons (Fsp3) is 0.259. The first-order chi connectivity index (χ1) is 18.1. The Labute approximate surface area is 222 Å². The van der Waals surface area contributed by atoms with Crippen molar-refractivity contribution in [1.82, 2.24) is 0 Å². The molecule has 2 N–H and O–H groups in total. The highest BCUT2D eigenvalue weighted by molar-refractivity contribution is 6.30. The number of benzene rings is 3. The van der Waals surface area contributed by atoms with Gasteiger partial charge in [0, 0.05) is 58.5 Å². The van der Waals surface area contributed by atoms with Crippen LogP contribution in [0.15, 0.2) is 66.9 Å². The zero-order valence-corrected chi connectivity index (χ0v) is 21.1. The van der Waals surface area contributed by atoms with Crippen molar-refractivity contribution in [2.45, 2.75) is 18.8 Å². The summed E-state index contributed by atoms with van der Waals surface area (Å²) >= 11 is 5.98. The van der Waals surface area contributed by atoms with Crippen molar-refractivity contribution in [3.05, 3.63) is 88.8 Å². The molecular formula is C27H25ClF4N2O4. The van der Waals surface area contributed by atoms with Crippen molar-refractivity contribution >= 4 is 23.0 Å². The van der Waals surface area contributed by atoms with Crippen molar-refractivity contribution in [3.63, 3.8) is 0 Å². The maximum Gasteiger partial charge on any atom is 0.573 e. The highest BCUT2D eigenvalue weighted by atomic mass is 35.5. The van der Waals surface area contributed by atoms with Gasteiger partial charge in [-0.3, -0.25) is 0 Å². The van der Waals surface area contributed by atoms with E-state index < -0.39 is 18.2 Å². The molecule has 0 fully saturated rings. The van der Waals surface area contributed by atoms with E-state index in [9.17, 15) is 13.2 Å². The van der Waals surface area contributed by atoms with Gasteiger partial charge in [0.2, 0.25) is 0 Å². The van der Waals surface area contributed by atoms with Crippen molar-refractivity contribution in [1.29, 1.82) is 0 Å². The molecule has 0 amide bonds. The Kier molecular flexibility index (Phi) is 8.23. The molecule has 1 unspecified atom stereocenters. The lowest BCUT2D eigenvalue weighted by Crippen LogP contribution is -2.28. The Morgan fingerprint density at radius 2 is 1.87 bits per heavy atom. The van der Waals surface area contributed by atoms with Gasteiger partial charge < -0.3 is 29.5 Å². The van der Waals surface area contributed by atoms with Gasteiger partial charge in [-0.15, -0.1) is 13.2 Å². The van der Waals surface area contributed by atoms with E-state index in [1.807, 2.05) is 0 Å². The number of alkyl halides is 3. The van der Waals surface area contributed by atoms with E-state index >= 15 is 4.39 Å². The van der Waals surface area contributed by atoms with Crippen LogP contribution in [0.25, 0.3) is 0 Å². The molecule has 0 aliphatic carbocycles. The number of hydrogen-bond acceptors (Lipinski definition) is 6. The third-order valence-corrected chi connectivity index (χ3v) is 6.16. The van der Waals surface area contributed by atoms with Crippen LogP contribution in [0.2, 0.25) is 5.02 Å². The predicted molar refractivity (Wildman–Crippen MR) is 137 cm³/mol. The van der Waals surface area contributed by atoms with Gasteiger partial charge in [0.05, 0.1) is 19.8 Å². The molecule has 6 nitrogen and oxygen atoms in total. The first kappa shape index (κ1) is 27.4. The zero-order chi connectivity index (χ0) is 27.4. The summed E-state index contributed by atoms with van der Waals surface area (Å²) in [4.78, 5) is 1.73. The van der Waals surface area contributed by atoms with Crippen molar-refractivity contribution in [2.75, 3.05) is 37.1 Å². The number of hydrogen-bond donors (Lipinski definition) is 2. The van der Waals surface area contributed by atoms with Gasteiger partial charge >= 0.3 is 6.36 Å². The van der Waals surface area contributed by atoms with Gasteiger partial charge in [-0.1, -0.05) is 30.3 Å². The fourth-order valence-electron chi connectivity index (χ4n) is 4.27. The van der Waals surface area contributed by atoms with Crippen LogP contribution in [-0.4, -0.2) is 38.3 Å². The number of fused-ring (bicyclic) bond motifs is 1. The highest BCUT2D eigenvalue weighted by Gasteiger charge is 2.33. The van der Waals surface area contributed by atoms with Crippen molar-refractivity contribution in [3.8, 4) is 17.2 Å². The van der Waals surface area contributed by atoms with E-state index in [1.54, 1.807) is 29.2 Å². The number of ether oxygens (including phenoxy) is 3. The molecule has 0 aromatic heterocycles. The summed E-state index contributed by atoms with van der Waals surface area (Å²) in [5.74, 6) is -0.104. The number of methoxy groups -OCH3 is 1. The summed E-state index contributed by atoms with van der Waals surface area (Å²) in [6.07, 6.45) is -4.29. The maximum absolute atomic E-state index is 15.2. The monoisotopic (exact) mass is 552 g/mol. The number of anilines is 2. The second kappa shape index (κ2) is 11.4. The molecule has 1 atom stereocenters. The Bertz CT molecular complexity index is 1320. The van der Waals surface area contributed by atoms with Crippen LogP contribution >= 0.6 is 11.6 Å². The molecule has 4 rings (SSSR count). The Morgan fingerprint density at radius 1 is 1.11 bits per heavy atom. The molecule has 0 spiro atoms. The summed E-state index contributed by atoms with van der Waals surface area (Å²) in [6.45, 7) is 4.48. The molecular weight excluding hydrogens is 528 g/mol. The minimum absolute atomic E-state index is 0.0570. The quantitative estimate of drug-likeness (QED) is 0.280. The van der Waals surface area contributed by atoms with E-state index in [2.05, 4.69) is 16.6 Å². The number of rotatable bonds is 10. The number of nitrogens with one attached hydrogen (secondary N) is 1. The molecule has 38 heavy (non-hydrogen) atoms. The number of aliphatic hydroxyl groups is 1. The lowest BCUT2D eigenvalue weighted by molar-refractivity contribution is -0.274. The number of nitrogens with zero attached hydrogens (tertiary/aromatic N) is 1. The second-order valence-electron chi connectivity index (χ2n) is 8.44. The van der Waals surface area contributed by atoms with Gasteiger partial charge in [0.1, 0.15) is 29.7 Å². The number of halogens is 5. The summed E-state index contributed by atoms with van der Waals surface area (Å²) in [7, 11) is 1.48. The van der Waals surface area contributed by atoms with Gasteiger partial charge in [-0.2, -0.15) is 0 Å². The fourth-order valence-corrected chi connectivity index (χ4v) is 4.43. The molecule has 11 heteroatoms. The summed E-state index contributed by atoms with van der Waals surface area (Å²) in [6, 6.07) is 12.5. The van der Waals surface area contributed by atoms with Crippen molar-refractivity contribution in [2.24, 2.45) is 0 Å². The largest absolute Gasteiger partial charge is 0.573 e. The van der Waals surface area contributed by atoms with E-state index in [-0.39, 0.29) is 29.5 Å². The zero-order valence-electron chi connectivity index (χ0n) is 20.3. The SMILES string of the molecule is C=C(C(Nc1cc(OC)cc(OCCO)c1)c1ccc(Cl)cc1F)N1CCc2ccc(OC(F)(F)F)cc21.